The molecule has 0 bridgehead atoms. The van der Waals surface area contributed by atoms with Crippen LogP contribution in [0.15, 0.2) is 85.0 Å². The topological polar surface area (TPSA) is 76.2 Å². The number of hydrogen-bond acceptors (Lipinski definition) is 4. The molecule has 4 amide bonds. The van der Waals surface area contributed by atoms with Crippen molar-refractivity contribution >= 4 is 17.8 Å². The summed E-state index contributed by atoms with van der Waals surface area (Å²) in [6, 6.07) is 18.8. The van der Waals surface area contributed by atoms with Gasteiger partial charge in [0.1, 0.15) is 12.2 Å². The summed E-state index contributed by atoms with van der Waals surface area (Å²) in [6.45, 7) is 5.31. The molecule has 2 saturated heterocycles. The van der Waals surface area contributed by atoms with Crippen LogP contribution >= 0.6 is 0 Å². The fourth-order valence-corrected chi connectivity index (χ4v) is 5.82. The van der Waals surface area contributed by atoms with Crippen LogP contribution in [0.25, 0.3) is 0 Å². The molecule has 0 aromatic heterocycles. The molecule has 1 aliphatic carbocycles. The van der Waals surface area contributed by atoms with Gasteiger partial charge in [0.25, 0.3) is 0 Å². The maximum absolute atomic E-state index is 13.9. The molecule has 2 aromatic rings. The van der Waals surface area contributed by atoms with E-state index < -0.39 is 12.2 Å². The van der Waals surface area contributed by atoms with Crippen molar-refractivity contribution in [2.24, 2.45) is 0 Å². The molecule has 2 fully saturated rings. The number of carbonyl (C=O) groups is 3. The number of hydrogen-bond donors (Lipinski definition) is 1. The third kappa shape index (κ3) is 6.06. The molecule has 2 aliphatic heterocycles. The summed E-state index contributed by atoms with van der Waals surface area (Å²) in [5.74, 6) is -0.153. The standard InChI is InChI=1S/C31H37N5O3/c1-2-18-34(31(39)32-20-25-14-8-4-9-15-25)35-23-29(37)36-27(19-24-12-6-3-7-13-24)30(38)33(22-28(35)36)21-26-16-10-5-11-17-26/h2,4-5,8-12,14-17,27-28H,1,3,6-7,13,18-23H2,(H,32,39)/t27-,28+/m0/s1. The Kier molecular flexibility index (Phi) is 8.42. The van der Waals surface area contributed by atoms with Crippen molar-refractivity contribution in [3.8, 4) is 0 Å². The summed E-state index contributed by atoms with van der Waals surface area (Å²) in [5.41, 5.74) is 3.27. The minimum atomic E-state index is -0.577. The molecule has 0 saturated carbocycles. The monoisotopic (exact) mass is 527 g/mol. The smallest absolute Gasteiger partial charge is 0.332 e. The van der Waals surface area contributed by atoms with Crippen molar-refractivity contribution in [3.63, 3.8) is 0 Å². The Bertz CT molecular complexity index is 1220. The Morgan fingerprint density at radius 2 is 1.74 bits per heavy atom. The first-order chi connectivity index (χ1) is 19.0. The number of allylic oxidation sites excluding steroid dienone is 1. The predicted octanol–water partition coefficient (Wildman–Crippen LogP) is 4.07. The lowest BCUT2D eigenvalue weighted by Crippen LogP contribution is -2.65. The summed E-state index contributed by atoms with van der Waals surface area (Å²) >= 11 is 0. The van der Waals surface area contributed by atoms with Gasteiger partial charge in [-0.25, -0.2) is 4.79 Å². The van der Waals surface area contributed by atoms with Crippen LogP contribution in [0.4, 0.5) is 4.79 Å². The number of nitrogens with one attached hydrogen (secondary N) is 1. The fourth-order valence-electron chi connectivity index (χ4n) is 5.82. The van der Waals surface area contributed by atoms with E-state index in [2.05, 4.69) is 18.0 Å². The summed E-state index contributed by atoms with van der Waals surface area (Å²) in [6.07, 6.45) is 8.26. The van der Waals surface area contributed by atoms with Gasteiger partial charge in [0.2, 0.25) is 11.8 Å². The number of urea groups is 1. The first-order valence-electron chi connectivity index (χ1n) is 13.8. The minimum absolute atomic E-state index is 0.0272. The number of nitrogens with zero attached hydrogens (tertiary/aromatic N) is 4. The molecule has 2 atom stereocenters. The van der Waals surface area contributed by atoms with Crippen LogP contribution in [0.5, 0.6) is 0 Å². The second-order valence-corrected chi connectivity index (χ2v) is 10.4. The van der Waals surface area contributed by atoms with E-state index in [0.717, 1.165) is 36.8 Å². The van der Waals surface area contributed by atoms with Gasteiger partial charge in [-0.1, -0.05) is 78.4 Å². The molecule has 3 aliphatic rings. The lowest BCUT2D eigenvalue weighted by Gasteiger charge is -2.46. The number of rotatable bonds is 9. The maximum atomic E-state index is 13.9. The van der Waals surface area contributed by atoms with E-state index in [-0.39, 0.29) is 30.9 Å². The number of amides is 4. The highest BCUT2D eigenvalue weighted by Crippen LogP contribution is 2.33. The SMILES string of the molecule is C=CCN(C(=O)NCc1ccccc1)N1CC(=O)N2[C@@H](CC3=CCCCC3)C(=O)N(Cc3ccccc3)C[C@@H]21. The van der Waals surface area contributed by atoms with E-state index in [0.29, 0.717) is 26.1 Å². The van der Waals surface area contributed by atoms with Crippen molar-refractivity contribution in [3.05, 3.63) is 96.1 Å². The number of fused-ring (bicyclic) bond motifs is 1. The molecule has 2 heterocycles. The number of hydrazine groups is 1. The first-order valence-corrected chi connectivity index (χ1v) is 13.8. The van der Waals surface area contributed by atoms with Crippen molar-refractivity contribution in [2.45, 2.75) is 57.4 Å². The zero-order valence-electron chi connectivity index (χ0n) is 22.4. The molecule has 5 rings (SSSR count). The van der Waals surface area contributed by atoms with E-state index in [1.54, 1.807) is 16.0 Å². The lowest BCUT2D eigenvalue weighted by molar-refractivity contribution is -0.157. The summed E-state index contributed by atoms with van der Waals surface area (Å²) in [7, 11) is 0. The Hall–Kier alpha value is -3.91. The van der Waals surface area contributed by atoms with Crippen molar-refractivity contribution in [1.82, 2.24) is 25.1 Å². The van der Waals surface area contributed by atoms with Gasteiger partial charge >= 0.3 is 6.03 Å². The van der Waals surface area contributed by atoms with Gasteiger partial charge in [-0.2, -0.15) is 5.01 Å². The van der Waals surface area contributed by atoms with Gasteiger partial charge < -0.3 is 15.1 Å². The Morgan fingerprint density at radius 3 is 2.41 bits per heavy atom. The van der Waals surface area contributed by atoms with Crippen molar-refractivity contribution in [2.75, 3.05) is 19.6 Å². The van der Waals surface area contributed by atoms with Gasteiger partial charge in [0, 0.05) is 13.1 Å². The summed E-state index contributed by atoms with van der Waals surface area (Å²) in [5, 5.41) is 6.36. The van der Waals surface area contributed by atoms with E-state index in [1.807, 2.05) is 70.6 Å². The first kappa shape index (κ1) is 26.7. The van der Waals surface area contributed by atoms with Gasteiger partial charge in [0.15, 0.2) is 0 Å². The van der Waals surface area contributed by atoms with Crippen LogP contribution in [0.2, 0.25) is 0 Å². The fraction of sp³-hybridized carbons (Fsp3) is 0.387. The van der Waals surface area contributed by atoms with Crippen LogP contribution in [-0.2, 0) is 22.7 Å². The second-order valence-electron chi connectivity index (χ2n) is 10.4. The highest BCUT2D eigenvalue weighted by molar-refractivity contribution is 5.91. The molecular formula is C31H37N5O3. The largest absolute Gasteiger partial charge is 0.333 e. The zero-order valence-corrected chi connectivity index (χ0v) is 22.4. The highest BCUT2D eigenvalue weighted by atomic mass is 16.2. The van der Waals surface area contributed by atoms with Crippen LogP contribution in [0.1, 0.15) is 43.2 Å². The van der Waals surface area contributed by atoms with Gasteiger partial charge in [0.05, 0.1) is 19.6 Å². The Labute approximate surface area is 230 Å². The van der Waals surface area contributed by atoms with Crippen LogP contribution in [0.3, 0.4) is 0 Å². The quantitative estimate of drug-likeness (QED) is 0.499. The van der Waals surface area contributed by atoms with E-state index in [1.165, 1.54) is 5.57 Å². The normalized spacial score (nSPS) is 21.4. The molecule has 2 aromatic carbocycles. The molecular weight excluding hydrogens is 490 g/mol. The predicted molar refractivity (Wildman–Crippen MR) is 150 cm³/mol. The molecule has 0 unspecified atom stereocenters. The average Bonchev–Trinajstić information content (AvgIpc) is 3.29. The minimum Gasteiger partial charge on any atom is -0.333 e. The van der Waals surface area contributed by atoms with E-state index >= 15 is 0 Å². The highest BCUT2D eigenvalue weighted by Gasteiger charge is 2.52. The van der Waals surface area contributed by atoms with Gasteiger partial charge in [-0.15, -0.1) is 6.58 Å². The van der Waals surface area contributed by atoms with Crippen LogP contribution in [-0.4, -0.2) is 69.5 Å². The van der Waals surface area contributed by atoms with E-state index in [4.69, 9.17) is 0 Å². The van der Waals surface area contributed by atoms with Gasteiger partial charge in [-0.3, -0.25) is 14.6 Å². The molecule has 1 N–H and O–H groups in total. The van der Waals surface area contributed by atoms with Crippen LogP contribution in [0, 0.1) is 0 Å². The zero-order chi connectivity index (χ0) is 27.2. The second kappa shape index (κ2) is 12.3. The maximum Gasteiger partial charge on any atom is 0.332 e. The van der Waals surface area contributed by atoms with Gasteiger partial charge in [-0.05, 0) is 43.2 Å². The molecule has 0 radical (unpaired) electrons. The molecule has 0 spiro atoms. The number of benzene rings is 2. The third-order valence-electron chi connectivity index (χ3n) is 7.76. The molecule has 8 heteroatoms. The molecule has 204 valence electrons. The Morgan fingerprint density at radius 1 is 1.03 bits per heavy atom. The average molecular weight is 528 g/mol. The molecule has 8 nitrogen and oxygen atoms in total. The van der Waals surface area contributed by atoms with Crippen molar-refractivity contribution < 1.29 is 14.4 Å². The Balaban J connectivity index is 1.41. The lowest BCUT2D eigenvalue weighted by atomic mass is 9.92. The van der Waals surface area contributed by atoms with Crippen LogP contribution < -0.4 is 5.32 Å². The molecule has 39 heavy (non-hydrogen) atoms. The third-order valence-corrected chi connectivity index (χ3v) is 7.76. The number of carbonyl (C=O) groups excluding carboxylic acids is 3. The summed E-state index contributed by atoms with van der Waals surface area (Å²) < 4.78 is 0. The van der Waals surface area contributed by atoms with Crippen molar-refractivity contribution in [1.29, 1.82) is 0 Å². The number of piperazine rings is 1. The summed E-state index contributed by atoms with van der Waals surface area (Å²) in [4.78, 5) is 44.4. The van der Waals surface area contributed by atoms with E-state index in [9.17, 15) is 14.4 Å².